The second-order valence-corrected chi connectivity index (χ2v) is 2.39. The zero-order valence-electron chi connectivity index (χ0n) is 7.01. The molecule has 1 aromatic carbocycles. The van der Waals surface area contributed by atoms with E-state index in [4.69, 9.17) is 0 Å². The molecule has 0 spiro atoms. The summed E-state index contributed by atoms with van der Waals surface area (Å²) in [5, 5.41) is 0. The van der Waals surface area contributed by atoms with Crippen LogP contribution in [0.1, 0.15) is 16.7 Å². The van der Waals surface area contributed by atoms with Crippen LogP contribution in [0.4, 0.5) is 0 Å². The lowest BCUT2D eigenvalue weighted by Gasteiger charge is -2.03. The van der Waals surface area contributed by atoms with E-state index in [2.05, 4.69) is 25.8 Å². The van der Waals surface area contributed by atoms with E-state index in [0.717, 1.165) is 16.7 Å². The van der Waals surface area contributed by atoms with Gasteiger partial charge in [-0.2, -0.15) is 0 Å². The van der Waals surface area contributed by atoms with Gasteiger partial charge in [-0.15, -0.1) is 0 Å². The van der Waals surface area contributed by atoms with Crippen molar-refractivity contribution < 1.29 is 0 Å². The second-order valence-electron chi connectivity index (χ2n) is 2.39. The molecule has 0 fully saturated rings. The van der Waals surface area contributed by atoms with E-state index in [0.29, 0.717) is 0 Å². The Morgan fingerprint density at radius 2 is 1.92 bits per heavy atom. The first-order valence-corrected chi connectivity index (χ1v) is 3.74. The predicted molar refractivity (Wildman–Crippen MR) is 54.6 cm³/mol. The Labute approximate surface area is 73.6 Å². The summed E-state index contributed by atoms with van der Waals surface area (Å²) in [5.74, 6) is 0. The van der Waals surface area contributed by atoms with Gasteiger partial charge < -0.3 is 0 Å². The molecular weight excluding hydrogens is 144 g/mol. The van der Waals surface area contributed by atoms with Crippen LogP contribution >= 0.6 is 0 Å². The lowest BCUT2D eigenvalue weighted by Crippen LogP contribution is -1.85. The van der Waals surface area contributed by atoms with Crippen LogP contribution < -0.4 is 0 Å². The Kier molecular flexibility index (Phi) is 2.65. The summed E-state index contributed by atoms with van der Waals surface area (Å²) in [4.78, 5) is 0. The molecule has 0 bridgehead atoms. The average Bonchev–Trinajstić information content (AvgIpc) is 2.16. The summed E-state index contributed by atoms with van der Waals surface area (Å²) in [5.41, 5.74) is 3.09. The number of benzene rings is 1. The fourth-order valence-corrected chi connectivity index (χ4v) is 1.14. The van der Waals surface area contributed by atoms with E-state index >= 15 is 0 Å². The number of rotatable bonds is 3. The van der Waals surface area contributed by atoms with Gasteiger partial charge in [0.1, 0.15) is 0 Å². The molecular formula is C12H11. The molecule has 0 aliphatic heterocycles. The Morgan fingerprint density at radius 1 is 1.17 bits per heavy atom. The normalized spacial score (nSPS) is 9.00. The van der Waals surface area contributed by atoms with Gasteiger partial charge in [-0.05, 0) is 22.8 Å². The van der Waals surface area contributed by atoms with Gasteiger partial charge in [0.25, 0.3) is 0 Å². The van der Waals surface area contributed by atoms with Crippen LogP contribution in [0.5, 0.6) is 0 Å². The van der Waals surface area contributed by atoms with E-state index in [-0.39, 0.29) is 0 Å². The molecule has 0 saturated heterocycles. The van der Waals surface area contributed by atoms with Crippen molar-refractivity contribution in [1.29, 1.82) is 0 Å². The van der Waals surface area contributed by atoms with Crippen molar-refractivity contribution in [2.45, 2.75) is 0 Å². The molecule has 12 heavy (non-hydrogen) atoms. The smallest absolute Gasteiger partial charge is 0.0106 e. The van der Waals surface area contributed by atoms with Gasteiger partial charge in [0, 0.05) is 0 Å². The van der Waals surface area contributed by atoms with Crippen LogP contribution in [-0.4, -0.2) is 0 Å². The van der Waals surface area contributed by atoms with Gasteiger partial charge in [0.2, 0.25) is 0 Å². The molecule has 0 heterocycles. The highest BCUT2D eigenvalue weighted by molar-refractivity contribution is 5.67. The average molecular weight is 155 g/mol. The topological polar surface area (TPSA) is 0 Å². The monoisotopic (exact) mass is 155 g/mol. The molecule has 0 aliphatic rings. The summed E-state index contributed by atoms with van der Waals surface area (Å²) in [6.07, 6.45) is 6.45. The van der Waals surface area contributed by atoms with E-state index in [9.17, 15) is 0 Å². The lowest BCUT2D eigenvalue weighted by molar-refractivity contribution is 1.52. The Balaban J connectivity index is 3.40. The highest BCUT2D eigenvalue weighted by Gasteiger charge is 1.98. The minimum absolute atomic E-state index is 0.974. The van der Waals surface area contributed by atoms with Crippen molar-refractivity contribution in [2.24, 2.45) is 0 Å². The highest BCUT2D eigenvalue weighted by atomic mass is 14.0. The van der Waals surface area contributed by atoms with E-state index in [1.807, 2.05) is 18.2 Å². The molecule has 1 aromatic rings. The first kappa shape index (κ1) is 8.54. The molecule has 59 valence electrons. The van der Waals surface area contributed by atoms with Gasteiger partial charge >= 0.3 is 0 Å². The Morgan fingerprint density at radius 3 is 2.42 bits per heavy atom. The zero-order chi connectivity index (χ0) is 8.97. The Hall–Kier alpha value is -1.56. The summed E-state index contributed by atoms with van der Waals surface area (Å²) in [7, 11) is 0. The first-order valence-electron chi connectivity index (χ1n) is 3.74. The third-order valence-corrected chi connectivity index (χ3v) is 1.75. The van der Waals surface area contributed by atoms with Gasteiger partial charge in [-0.25, -0.2) is 0 Å². The minimum Gasteiger partial charge on any atom is -0.0984 e. The molecule has 0 aromatic heterocycles. The molecule has 0 N–H and O–H groups in total. The van der Waals surface area contributed by atoms with E-state index in [1.165, 1.54) is 0 Å². The van der Waals surface area contributed by atoms with Crippen molar-refractivity contribution in [2.75, 3.05) is 0 Å². The predicted octanol–water partition coefficient (Wildman–Crippen LogP) is 3.31. The summed E-state index contributed by atoms with van der Waals surface area (Å²) < 4.78 is 0. The largest absolute Gasteiger partial charge is 0.0984 e. The van der Waals surface area contributed by atoms with Crippen molar-refractivity contribution in [1.82, 2.24) is 0 Å². The van der Waals surface area contributed by atoms with Crippen molar-refractivity contribution >= 4 is 12.2 Å². The van der Waals surface area contributed by atoms with E-state index < -0.39 is 0 Å². The Bertz CT molecular complexity index is 293. The third-order valence-electron chi connectivity index (χ3n) is 1.75. The van der Waals surface area contributed by atoms with Crippen molar-refractivity contribution in [3.63, 3.8) is 0 Å². The van der Waals surface area contributed by atoms with Gasteiger partial charge in [-0.1, -0.05) is 50.1 Å². The SMILES string of the molecule is C=[C]c1cccc(C=C)c1C=C. The molecule has 0 atom stereocenters. The molecule has 0 saturated carbocycles. The van der Waals surface area contributed by atoms with E-state index in [1.54, 1.807) is 12.2 Å². The lowest BCUT2D eigenvalue weighted by atomic mass is 10.0. The molecule has 1 radical (unpaired) electrons. The van der Waals surface area contributed by atoms with Crippen molar-refractivity contribution in [3.05, 3.63) is 60.7 Å². The summed E-state index contributed by atoms with van der Waals surface area (Å²) in [6.45, 7) is 11.1. The minimum atomic E-state index is 0.974. The maximum Gasteiger partial charge on any atom is -0.0106 e. The van der Waals surface area contributed by atoms with Crippen molar-refractivity contribution in [3.8, 4) is 0 Å². The molecule has 0 heteroatoms. The van der Waals surface area contributed by atoms with Crippen LogP contribution in [0.2, 0.25) is 0 Å². The standard InChI is InChI=1S/C12H11/c1-4-10-8-7-9-11(5-2)12(10)6-3/h4,6-9H,1-3H2. The molecule has 0 aliphatic carbocycles. The second kappa shape index (κ2) is 3.72. The maximum absolute atomic E-state index is 3.73. The quantitative estimate of drug-likeness (QED) is 0.628. The number of hydrogen-bond acceptors (Lipinski definition) is 0. The summed E-state index contributed by atoms with van der Waals surface area (Å²) >= 11 is 0. The van der Waals surface area contributed by atoms with Gasteiger partial charge in [-0.3, -0.25) is 0 Å². The fraction of sp³-hybridized carbons (Fsp3) is 0. The summed E-state index contributed by atoms with van der Waals surface area (Å²) in [6, 6.07) is 5.90. The maximum atomic E-state index is 3.73. The van der Waals surface area contributed by atoms with Gasteiger partial charge in [0.05, 0.1) is 0 Å². The first-order chi connectivity index (χ1) is 5.83. The number of hydrogen-bond donors (Lipinski definition) is 0. The zero-order valence-corrected chi connectivity index (χ0v) is 7.01. The molecule has 1 rings (SSSR count). The fourth-order valence-electron chi connectivity index (χ4n) is 1.14. The molecule has 0 amide bonds. The van der Waals surface area contributed by atoms with Crippen LogP contribution in [0.25, 0.3) is 12.2 Å². The van der Waals surface area contributed by atoms with Crippen LogP contribution in [-0.2, 0) is 0 Å². The molecule has 0 unspecified atom stereocenters. The molecule has 0 nitrogen and oxygen atoms in total. The highest BCUT2D eigenvalue weighted by Crippen LogP contribution is 2.16. The van der Waals surface area contributed by atoms with Crippen LogP contribution in [0, 0.1) is 6.08 Å². The van der Waals surface area contributed by atoms with Gasteiger partial charge in [0.15, 0.2) is 0 Å². The third kappa shape index (κ3) is 1.37. The van der Waals surface area contributed by atoms with Crippen LogP contribution in [0.15, 0.2) is 37.9 Å². The van der Waals surface area contributed by atoms with Crippen LogP contribution in [0.3, 0.4) is 0 Å².